The van der Waals surface area contributed by atoms with Crippen molar-refractivity contribution in [2.45, 2.75) is 31.4 Å². The van der Waals surface area contributed by atoms with Gasteiger partial charge in [0.25, 0.3) is 0 Å². The van der Waals surface area contributed by atoms with Gasteiger partial charge in [-0.25, -0.2) is 4.79 Å². The van der Waals surface area contributed by atoms with Crippen LogP contribution in [0, 0.1) is 0 Å². The van der Waals surface area contributed by atoms with Crippen LogP contribution in [0.1, 0.15) is 26.2 Å². The Hall–Kier alpha value is -0.460. The number of urea groups is 1. The number of carbonyl (C=O) groups excluding carboxylic acids is 1. The van der Waals surface area contributed by atoms with Gasteiger partial charge in [-0.05, 0) is 18.6 Å². The second-order valence-corrected chi connectivity index (χ2v) is 7.28. The summed E-state index contributed by atoms with van der Waals surface area (Å²) in [6.45, 7) is 9.26. The van der Waals surface area contributed by atoms with Gasteiger partial charge < -0.3 is 15.0 Å². The first-order chi connectivity index (χ1) is 10.3. The largest absolute Gasteiger partial charge is 0.379 e. The van der Waals surface area contributed by atoms with E-state index in [1.165, 1.54) is 12.8 Å². The summed E-state index contributed by atoms with van der Waals surface area (Å²) in [5.41, 5.74) is 0. The van der Waals surface area contributed by atoms with E-state index in [1.807, 2.05) is 16.7 Å². The molecule has 0 aromatic rings. The Kier molecular flexibility index (Phi) is 7.68. The molecule has 0 aromatic carbocycles. The molecule has 0 saturated carbocycles. The Labute approximate surface area is 132 Å². The number of hydrogen-bond acceptors (Lipinski definition) is 4. The number of thioether (sulfide) groups is 1. The van der Waals surface area contributed by atoms with E-state index in [4.69, 9.17) is 4.74 Å². The Morgan fingerprint density at radius 2 is 2.10 bits per heavy atom. The highest BCUT2D eigenvalue weighted by Crippen LogP contribution is 2.21. The van der Waals surface area contributed by atoms with Crippen molar-refractivity contribution < 1.29 is 9.53 Å². The third kappa shape index (κ3) is 6.04. The van der Waals surface area contributed by atoms with E-state index in [9.17, 15) is 4.79 Å². The van der Waals surface area contributed by atoms with Crippen LogP contribution in [0.3, 0.4) is 0 Å². The molecule has 2 heterocycles. The first-order valence-corrected chi connectivity index (χ1v) is 9.29. The molecule has 122 valence electrons. The van der Waals surface area contributed by atoms with Crippen LogP contribution < -0.4 is 5.32 Å². The quantitative estimate of drug-likeness (QED) is 0.838. The van der Waals surface area contributed by atoms with E-state index in [1.54, 1.807) is 0 Å². The van der Waals surface area contributed by atoms with Crippen LogP contribution in [0.5, 0.6) is 0 Å². The maximum absolute atomic E-state index is 12.3. The van der Waals surface area contributed by atoms with Crippen LogP contribution in [0.15, 0.2) is 0 Å². The van der Waals surface area contributed by atoms with Crippen molar-refractivity contribution >= 4 is 17.8 Å². The minimum Gasteiger partial charge on any atom is -0.379 e. The number of amides is 2. The maximum atomic E-state index is 12.3. The third-order valence-corrected chi connectivity index (χ3v) is 5.32. The molecular formula is C15H29N3O2S. The van der Waals surface area contributed by atoms with Gasteiger partial charge in [-0.1, -0.05) is 13.3 Å². The van der Waals surface area contributed by atoms with Crippen molar-refractivity contribution in [3.05, 3.63) is 0 Å². The smallest absolute Gasteiger partial charge is 0.317 e. The number of nitrogens with one attached hydrogen (secondary N) is 1. The maximum Gasteiger partial charge on any atom is 0.317 e. The lowest BCUT2D eigenvalue weighted by Gasteiger charge is -2.28. The molecule has 0 aliphatic carbocycles. The molecule has 2 fully saturated rings. The summed E-state index contributed by atoms with van der Waals surface area (Å²) in [5.74, 6) is 1.14. The molecule has 2 amide bonds. The van der Waals surface area contributed by atoms with Gasteiger partial charge in [0.2, 0.25) is 0 Å². The Bertz CT molecular complexity index is 311. The standard InChI is InChI=1S/C15H29N3O2S/c1-2-21-14-5-3-4-7-18(13-14)15(19)16-6-8-17-9-11-20-12-10-17/h14H,2-13H2,1H3,(H,16,19)/t14-/m1/s1. The van der Waals surface area contributed by atoms with Gasteiger partial charge in [0.05, 0.1) is 13.2 Å². The van der Waals surface area contributed by atoms with Crippen molar-refractivity contribution in [2.24, 2.45) is 0 Å². The minimum absolute atomic E-state index is 0.117. The van der Waals surface area contributed by atoms with Crippen LogP contribution in [0.4, 0.5) is 4.79 Å². The number of ether oxygens (including phenoxy) is 1. The van der Waals surface area contributed by atoms with Crippen molar-refractivity contribution in [3.8, 4) is 0 Å². The average molecular weight is 315 g/mol. The first-order valence-electron chi connectivity index (χ1n) is 8.24. The molecule has 0 spiro atoms. The zero-order valence-corrected chi connectivity index (χ0v) is 14.0. The summed E-state index contributed by atoms with van der Waals surface area (Å²) in [6, 6.07) is 0.117. The van der Waals surface area contributed by atoms with Gasteiger partial charge in [0, 0.05) is 44.5 Å². The summed E-state index contributed by atoms with van der Waals surface area (Å²) in [5, 5.41) is 3.70. The molecule has 5 nitrogen and oxygen atoms in total. The van der Waals surface area contributed by atoms with Crippen molar-refractivity contribution in [1.29, 1.82) is 0 Å². The van der Waals surface area contributed by atoms with Crippen molar-refractivity contribution in [2.75, 3.05) is 58.2 Å². The normalized spacial score (nSPS) is 24.6. The second kappa shape index (κ2) is 9.54. The molecule has 2 rings (SSSR count). The second-order valence-electron chi connectivity index (χ2n) is 5.71. The lowest BCUT2D eigenvalue weighted by molar-refractivity contribution is 0.0386. The highest BCUT2D eigenvalue weighted by Gasteiger charge is 2.21. The SMILES string of the molecule is CCS[C@@H]1CCCCN(C(=O)NCCN2CCOCC2)C1. The highest BCUT2D eigenvalue weighted by molar-refractivity contribution is 7.99. The van der Waals surface area contributed by atoms with Gasteiger partial charge in [0.1, 0.15) is 0 Å². The zero-order valence-electron chi connectivity index (χ0n) is 13.2. The topological polar surface area (TPSA) is 44.8 Å². The van der Waals surface area contributed by atoms with Gasteiger partial charge in [-0.2, -0.15) is 11.8 Å². The van der Waals surface area contributed by atoms with E-state index in [-0.39, 0.29) is 6.03 Å². The van der Waals surface area contributed by atoms with Crippen molar-refractivity contribution in [3.63, 3.8) is 0 Å². The van der Waals surface area contributed by atoms with Gasteiger partial charge in [0.15, 0.2) is 0 Å². The summed E-state index contributed by atoms with van der Waals surface area (Å²) in [4.78, 5) is 16.7. The molecule has 0 unspecified atom stereocenters. The lowest BCUT2D eigenvalue weighted by Crippen LogP contribution is -2.46. The van der Waals surface area contributed by atoms with Crippen LogP contribution in [0.25, 0.3) is 0 Å². The fourth-order valence-electron chi connectivity index (χ4n) is 2.92. The Morgan fingerprint density at radius 1 is 1.29 bits per heavy atom. The molecular weight excluding hydrogens is 286 g/mol. The van der Waals surface area contributed by atoms with E-state index in [0.717, 1.165) is 64.7 Å². The van der Waals surface area contributed by atoms with Gasteiger partial charge in [-0.15, -0.1) is 0 Å². The number of nitrogens with zero attached hydrogens (tertiary/aromatic N) is 2. The molecule has 0 bridgehead atoms. The number of likely N-dealkylation sites (tertiary alicyclic amines) is 1. The fourth-order valence-corrected chi connectivity index (χ4v) is 4.01. The van der Waals surface area contributed by atoms with Gasteiger partial charge >= 0.3 is 6.03 Å². The predicted octanol–water partition coefficient (Wildman–Crippen LogP) is 1.64. The summed E-state index contributed by atoms with van der Waals surface area (Å²) < 4.78 is 5.33. The van der Waals surface area contributed by atoms with Gasteiger partial charge in [-0.3, -0.25) is 4.90 Å². The van der Waals surface area contributed by atoms with E-state index < -0.39 is 0 Å². The molecule has 0 radical (unpaired) electrons. The average Bonchev–Trinajstić information content (AvgIpc) is 2.74. The Morgan fingerprint density at radius 3 is 2.86 bits per heavy atom. The molecule has 2 aliphatic heterocycles. The molecule has 21 heavy (non-hydrogen) atoms. The zero-order chi connectivity index (χ0) is 14.9. The fraction of sp³-hybridized carbons (Fsp3) is 0.933. The van der Waals surface area contributed by atoms with Crippen molar-refractivity contribution in [1.82, 2.24) is 15.1 Å². The number of rotatable bonds is 5. The molecule has 1 N–H and O–H groups in total. The third-order valence-electron chi connectivity index (χ3n) is 4.13. The molecule has 2 aliphatic rings. The van der Waals surface area contributed by atoms with Crippen LogP contribution in [-0.2, 0) is 4.74 Å². The van der Waals surface area contributed by atoms with Crippen LogP contribution in [0.2, 0.25) is 0 Å². The molecule has 2 saturated heterocycles. The highest BCUT2D eigenvalue weighted by atomic mass is 32.2. The first kappa shape index (κ1) is 16.9. The van der Waals surface area contributed by atoms with Crippen LogP contribution in [-0.4, -0.2) is 79.3 Å². The van der Waals surface area contributed by atoms with E-state index in [2.05, 4.69) is 17.1 Å². The molecule has 0 aromatic heterocycles. The predicted molar refractivity (Wildman–Crippen MR) is 88.0 cm³/mol. The Balaban J connectivity index is 1.68. The molecule has 1 atom stereocenters. The summed E-state index contributed by atoms with van der Waals surface area (Å²) >= 11 is 1.99. The lowest BCUT2D eigenvalue weighted by atomic mass is 10.2. The number of hydrogen-bond donors (Lipinski definition) is 1. The number of morpholine rings is 1. The van der Waals surface area contributed by atoms with E-state index in [0.29, 0.717) is 5.25 Å². The monoisotopic (exact) mass is 315 g/mol. The summed E-state index contributed by atoms with van der Waals surface area (Å²) in [6.07, 6.45) is 3.63. The molecule has 6 heteroatoms. The number of carbonyl (C=O) groups is 1. The summed E-state index contributed by atoms with van der Waals surface area (Å²) in [7, 11) is 0. The van der Waals surface area contributed by atoms with Crippen LogP contribution >= 0.6 is 11.8 Å². The van der Waals surface area contributed by atoms with E-state index >= 15 is 0 Å². The minimum atomic E-state index is 0.117.